The third-order valence-electron chi connectivity index (χ3n) is 3.84. The Morgan fingerprint density at radius 1 is 1.07 bits per heavy atom. The lowest BCUT2D eigenvalue weighted by molar-refractivity contribution is 0.0692. The lowest BCUT2D eigenvalue weighted by Gasteiger charge is -2.20. The Morgan fingerprint density at radius 3 is 2.28 bits per heavy atom. The van der Waals surface area contributed by atoms with Gasteiger partial charge in [-0.1, -0.05) is 29.4 Å². The number of aromatic carboxylic acids is 1. The summed E-state index contributed by atoms with van der Waals surface area (Å²) in [5.41, 5.74) is 4.74. The number of hydrogen-bond donors (Lipinski definition) is 5. The SMILES string of the molecule is NC(CO)(CO)CO.O=C(O)c1cccc(-c2noc(-c3ccccc3F)n2)c1. The molecule has 3 rings (SSSR count). The molecular formula is C19H20FN3O6. The second kappa shape index (κ2) is 9.85. The van der Waals surface area contributed by atoms with Crippen molar-refractivity contribution in [3.8, 4) is 22.8 Å². The molecule has 1 aromatic heterocycles. The summed E-state index contributed by atoms with van der Waals surface area (Å²) in [6.07, 6.45) is 0. The zero-order valence-corrected chi connectivity index (χ0v) is 15.2. The van der Waals surface area contributed by atoms with Crippen molar-refractivity contribution in [3.63, 3.8) is 0 Å². The summed E-state index contributed by atoms with van der Waals surface area (Å²) in [4.78, 5) is 15.0. The first-order chi connectivity index (χ1) is 13.8. The molecule has 0 radical (unpaired) electrons. The number of nitrogens with zero attached hydrogens (tertiary/aromatic N) is 2. The molecule has 0 fully saturated rings. The topological polar surface area (TPSA) is 163 Å². The fourth-order valence-corrected chi connectivity index (χ4v) is 2.03. The highest BCUT2D eigenvalue weighted by molar-refractivity contribution is 5.89. The van der Waals surface area contributed by atoms with Gasteiger partial charge >= 0.3 is 5.97 Å². The van der Waals surface area contributed by atoms with Gasteiger partial charge in [0.05, 0.1) is 36.5 Å². The molecule has 2 aromatic carbocycles. The number of carboxylic acids is 1. The van der Waals surface area contributed by atoms with Crippen LogP contribution in [0.4, 0.5) is 4.39 Å². The van der Waals surface area contributed by atoms with Crippen molar-refractivity contribution in [1.82, 2.24) is 10.1 Å². The van der Waals surface area contributed by atoms with E-state index in [1.165, 1.54) is 24.3 Å². The van der Waals surface area contributed by atoms with Gasteiger partial charge in [0.2, 0.25) is 5.82 Å². The molecule has 0 saturated heterocycles. The van der Waals surface area contributed by atoms with Crippen molar-refractivity contribution in [1.29, 1.82) is 0 Å². The van der Waals surface area contributed by atoms with Gasteiger partial charge in [0.25, 0.3) is 5.89 Å². The first-order valence-electron chi connectivity index (χ1n) is 8.37. The minimum absolute atomic E-state index is 0.0452. The highest BCUT2D eigenvalue weighted by atomic mass is 19.1. The Kier molecular flexibility index (Phi) is 7.51. The minimum Gasteiger partial charge on any atom is -0.478 e. The molecule has 6 N–H and O–H groups in total. The maximum atomic E-state index is 13.7. The molecule has 1 heterocycles. The van der Waals surface area contributed by atoms with Crippen LogP contribution in [-0.4, -0.2) is 61.9 Å². The zero-order chi connectivity index (χ0) is 21.4. The van der Waals surface area contributed by atoms with E-state index in [9.17, 15) is 9.18 Å². The standard InChI is InChI=1S/C15H9FN2O3.C4H11NO3/c16-12-7-2-1-6-11(12)14-17-13(18-21-14)9-4-3-5-10(8-9)15(19)20;5-4(1-6,2-7)3-8/h1-8H,(H,19,20);6-8H,1-3,5H2. The molecule has 0 atom stereocenters. The van der Waals surface area contributed by atoms with Gasteiger partial charge in [0, 0.05) is 5.56 Å². The smallest absolute Gasteiger partial charge is 0.335 e. The Labute approximate surface area is 164 Å². The lowest BCUT2D eigenvalue weighted by Crippen LogP contribution is -2.50. The summed E-state index contributed by atoms with van der Waals surface area (Å²) in [5, 5.41) is 37.7. The quantitative estimate of drug-likeness (QED) is 0.401. The maximum Gasteiger partial charge on any atom is 0.335 e. The fourth-order valence-electron chi connectivity index (χ4n) is 2.03. The van der Waals surface area contributed by atoms with Crippen LogP contribution in [0.2, 0.25) is 0 Å². The van der Waals surface area contributed by atoms with Gasteiger partial charge in [0.1, 0.15) is 5.82 Å². The molecule has 0 unspecified atom stereocenters. The predicted molar refractivity (Wildman–Crippen MR) is 100 cm³/mol. The van der Waals surface area contributed by atoms with Gasteiger partial charge in [-0.05, 0) is 24.3 Å². The number of benzene rings is 2. The van der Waals surface area contributed by atoms with Crippen molar-refractivity contribution < 1.29 is 34.1 Å². The molecule has 0 bridgehead atoms. The normalized spacial score (nSPS) is 10.9. The van der Waals surface area contributed by atoms with Crippen LogP contribution in [0, 0.1) is 5.82 Å². The van der Waals surface area contributed by atoms with Crippen LogP contribution in [0.5, 0.6) is 0 Å². The number of aromatic nitrogens is 2. The molecule has 0 aliphatic carbocycles. The highest BCUT2D eigenvalue weighted by Gasteiger charge is 2.20. The Balaban J connectivity index is 0.000000321. The summed E-state index contributed by atoms with van der Waals surface area (Å²) >= 11 is 0. The van der Waals surface area contributed by atoms with Crippen LogP contribution in [-0.2, 0) is 0 Å². The largest absolute Gasteiger partial charge is 0.478 e. The zero-order valence-electron chi connectivity index (χ0n) is 15.2. The monoisotopic (exact) mass is 405 g/mol. The molecule has 9 nitrogen and oxygen atoms in total. The molecule has 154 valence electrons. The van der Waals surface area contributed by atoms with Crippen LogP contribution >= 0.6 is 0 Å². The predicted octanol–water partition coefficient (Wildman–Crippen LogP) is 0.902. The number of halogens is 1. The Morgan fingerprint density at radius 2 is 1.72 bits per heavy atom. The second-order valence-electron chi connectivity index (χ2n) is 6.13. The minimum atomic E-state index is -1.21. The first kappa shape index (κ1) is 22.1. The van der Waals surface area contributed by atoms with E-state index in [0.29, 0.717) is 5.56 Å². The van der Waals surface area contributed by atoms with E-state index in [4.69, 9.17) is 30.7 Å². The third-order valence-corrected chi connectivity index (χ3v) is 3.84. The van der Waals surface area contributed by atoms with Crippen molar-refractivity contribution in [2.24, 2.45) is 5.73 Å². The fraction of sp³-hybridized carbons (Fsp3) is 0.211. The number of nitrogens with two attached hydrogens (primary N) is 1. The average Bonchev–Trinajstić information content (AvgIpc) is 3.24. The van der Waals surface area contributed by atoms with Crippen molar-refractivity contribution in [3.05, 3.63) is 59.9 Å². The molecule has 0 spiro atoms. The van der Waals surface area contributed by atoms with E-state index in [1.807, 2.05) is 0 Å². The Bertz CT molecular complexity index is 950. The number of aliphatic hydroxyl groups is 3. The van der Waals surface area contributed by atoms with Gasteiger partial charge in [-0.15, -0.1) is 0 Å². The molecular weight excluding hydrogens is 385 g/mol. The number of aliphatic hydroxyl groups excluding tert-OH is 3. The van der Waals surface area contributed by atoms with E-state index >= 15 is 0 Å². The molecule has 0 aliphatic heterocycles. The van der Waals surface area contributed by atoms with Gasteiger partial charge in [-0.2, -0.15) is 4.98 Å². The summed E-state index contributed by atoms with van der Waals surface area (Å²) in [7, 11) is 0. The lowest BCUT2D eigenvalue weighted by atomic mass is 10.1. The van der Waals surface area contributed by atoms with E-state index in [1.54, 1.807) is 24.3 Å². The van der Waals surface area contributed by atoms with Crippen molar-refractivity contribution in [2.45, 2.75) is 5.54 Å². The number of rotatable bonds is 6. The molecule has 3 aromatic rings. The second-order valence-corrected chi connectivity index (χ2v) is 6.13. The van der Waals surface area contributed by atoms with Crippen molar-refractivity contribution in [2.75, 3.05) is 19.8 Å². The summed E-state index contributed by atoms with van der Waals surface area (Å²) in [5.74, 6) is -1.26. The van der Waals surface area contributed by atoms with Crippen LogP contribution in [0.15, 0.2) is 53.1 Å². The Hall–Kier alpha value is -3.18. The third kappa shape index (κ3) is 5.65. The number of hydrogen-bond acceptors (Lipinski definition) is 8. The molecule has 0 saturated carbocycles. The van der Waals surface area contributed by atoms with E-state index in [0.717, 1.165) is 0 Å². The van der Waals surface area contributed by atoms with Crippen LogP contribution < -0.4 is 5.73 Å². The average molecular weight is 405 g/mol. The van der Waals surface area contributed by atoms with Gasteiger partial charge in [0.15, 0.2) is 0 Å². The van der Waals surface area contributed by atoms with Gasteiger partial charge < -0.3 is 30.7 Å². The molecule has 29 heavy (non-hydrogen) atoms. The van der Waals surface area contributed by atoms with Gasteiger partial charge in [-0.3, -0.25) is 0 Å². The maximum absolute atomic E-state index is 13.7. The van der Waals surface area contributed by atoms with Crippen LogP contribution in [0.25, 0.3) is 22.8 Å². The molecule has 0 aliphatic rings. The number of carbonyl (C=O) groups is 1. The highest BCUT2D eigenvalue weighted by Crippen LogP contribution is 2.24. The summed E-state index contributed by atoms with van der Waals surface area (Å²) < 4.78 is 18.7. The number of carboxylic acid groups (broad SMARTS) is 1. The van der Waals surface area contributed by atoms with Crippen LogP contribution in [0.1, 0.15) is 10.4 Å². The van der Waals surface area contributed by atoms with E-state index < -0.39 is 37.1 Å². The van der Waals surface area contributed by atoms with E-state index in [-0.39, 0.29) is 22.8 Å². The molecule has 0 amide bonds. The summed E-state index contributed by atoms with van der Waals surface area (Å²) in [6.45, 7) is -1.21. The summed E-state index contributed by atoms with van der Waals surface area (Å²) in [6, 6.07) is 12.2. The van der Waals surface area contributed by atoms with Crippen molar-refractivity contribution >= 4 is 5.97 Å². The molecule has 10 heteroatoms. The van der Waals surface area contributed by atoms with Crippen LogP contribution in [0.3, 0.4) is 0 Å². The van der Waals surface area contributed by atoms with Gasteiger partial charge in [-0.25, -0.2) is 9.18 Å². The van der Waals surface area contributed by atoms with E-state index in [2.05, 4.69) is 10.1 Å². The first-order valence-corrected chi connectivity index (χ1v) is 8.37.